The monoisotopic (exact) mass is 462 g/mol. The Bertz CT molecular complexity index is 1370. The highest BCUT2D eigenvalue weighted by atomic mass is 16.6. The number of carbonyl (C=O) groups is 1. The van der Waals surface area contributed by atoms with E-state index in [4.69, 9.17) is 13.9 Å². The number of rotatable bonds is 6. The number of nitriles is 1. The maximum atomic E-state index is 12.7. The van der Waals surface area contributed by atoms with Crippen molar-refractivity contribution in [1.29, 1.82) is 5.26 Å². The van der Waals surface area contributed by atoms with Gasteiger partial charge in [-0.15, -0.1) is 0 Å². The van der Waals surface area contributed by atoms with Gasteiger partial charge >= 0.3 is 0 Å². The topological polar surface area (TPSA) is 171 Å². The quantitative estimate of drug-likeness (QED) is 0.245. The van der Waals surface area contributed by atoms with Crippen molar-refractivity contribution in [2.45, 2.75) is 0 Å². The van der Waals surface area contributed by atoms with Crippen LogP contribution in [0.1, 0.15) is 5.76 Å². The SMILES string of the molecule is N#C/C(=C\c1ccc(-c2ccc([N+](=O)[O-])cc2)o1)C(=O)Nc1cc2c(cc1[N+](=O)[O-])OCCO2. The van der Waals surface area contributed by atoms with Crippen LogP contribution in [0.5, 0.6) is 11.5 Å². The average Bonchev–Trinajstić information content (AvgIpc) is 3.30. The van der Waals surface area contributed by atoms with Gasteiger partial charge in [0.2, 0.25) is 0 Å². The molecule has 1 aliphatic heterocycles. The van der Waals surface area contributed by atoms with Gasteiger partial charge in [0.15, 0.2) is 11.5 Å². The Balaban J connectivity index is 1.57. The van der Waals surface area contributed by atoms with Crippen molar-refractivity contribution >= 4 is 29.0 Å². The summed E-state index contributed by atoms with van der Waals surface area (Å²) in [5.74, 6) is 0.0448. The zero-order chi connectivity index (χ0) is 24.2. The van der Waals surface area contributed by atoms with E-state index in [1.165, 1.54) is 42.5 Å². The van der Waals surface area contributed by atoms with E-state index in [9.17, 15) is 30.3 Å². The second kappa shape index (κ2) is 9.13. The van der Waals surface area contributed by atoms with Gasteiger partial charge in [0, 0.05) is 29.8 Å². The normalized spacial score (nSPS) is 12.5. The lowest BCUT2D eigenvalue weighted by Crippen LogP contribution is -2.18. The summed E-state index contributed by atoms with van der Waals surface area (Å²) >= 11 is 0. The summed E-state index contributed by atoms with van der Waals surface area (Å²) in [6.07, 6.45) is 1.17. The number of ether oxygens (including phenoxy) is 2. The number of amides is 1. The van der Waals surface area contributed by atoms with Crippen LogP contribution in [-0.4, -0.2) is 29.0 Å². The number of non-ortho nitro benzene ring substituents is 1. The third-order valence-corrected chi connectivity index (χ3v) is 4.75. The van der Waals surface area contributed by atoms with E-state index in [1.807, 2.05) is 0 Å². The van der Waals surface area contributed by atoms with Crippen LogP contribution in [0.25, 0.3) is 17.4 Å². The summed E-state index contributed by atoms with van der Waals surface area (Å²) in [5.41, 5.74) is -0.472. The first kappa shape index (κ1) is 22.0. The summed E-state index contributed by atoms with van der Waals surface area (Å²) in [4.78, 5) is 33.7. The minimum absolute atomic E-state index is 0.0768. The number of nitro groups is 2. The molecule has 12 nitrogen and oxygen atoms in total. The van der Waals surface area contributed by atoms with E-state index >= 15 is 0 Å². The maximum Gasteiger partial charge on any atom is 0.296 e. The number of furan rings is 1. The largest absolute Gasteiger partial charge is 0.486 e. The van der Waals surface area contributed by atoms with E-state index in [0.29, 0.717) is 11.3 Å². The standard InChI is InChI=1S/C22H14N4O8/c23-12-14(9-16-5-6-19(34-16)13-1-3-15(4-2-13)25(28)29)22(27)24-17-10-20-21(33-8-7-32-20)11-18(17)26(30)31/h1-6,9-11H,7-8H2,(H,24,27)/b14-9+. The molecule has 0 atom stereocenters. The fourth-order valence-electron chi connectivity index (χ4n) is 3.14. The summed E-state index contributed by atoms with van der Waals surface area (Å²) < 4.78 is 16.3. The number of nitro benzene ring substituents is 2. The Morgan fingerprint density at radius 2 is 1.68 bits per heavy atom. The molecule has 2 aromatic carbocycles. The Kier molecular flexibility index (Phi) is 5.91. The van der Waals surface area contributed by atoms with Crippen molar-refractivity contribution in [3.8, 4) is 28.9 Å². The Morgan fingerprint density at radius 1 is 1.00 bits per heavy atom. The fourth-order valence-corrected chi connectivity index (χ4v) is 3.14. The molecule has 1 N–H and O–H groups in total. The van der Waals surface area contributed by atoms with E-state index in [-0.39, 0.29) is 47.4 Å². The Labute approximate surface area is 190 Å². The number of carbonyl (C=O) groups excluding carboxylic acids is 1. The molecular weight excluding hydrogens is 448 g/mol. The highest BCUT2D eigenvalue weighted by molar-refractivity contribution is 6.10. The number of nitrogens with one attached hydrogen (secondary N) is 1. The molecule has 1 amide bonds. The maximum absolute atomic E-state index is 12.7. The molecule has 0 bridgehead atoms. The van der Waals surface area contributed by atoms with Crippen LogP contribution in [-0.2, 0) is 4.79 Å². The van der Waals surface area contributed by atoms with Crippen LogP contribution in [0.2, 0.25) is 0 Å². The number of fused-ring (bicyclic) bond motifs is 1. The first-order valence-electron chi connectivity index (χ1n) is 9.71. The summed E-state index contributed by atoms with van der Waals surface area (Å²) in [6, 6.07) is 12.9. The van der Waals surface area contributed by atoms with Crippen molar-refractivity contribution in [1.82, 2.24) is 0 Å². The number of anilines is 1. The van der Waals surface area contributed by atoms with Crippen molar-refractivity contribution in [2.24, 2.45) is 0 Å². The first-order chi connectivity index (χ1) is 16.4. The van der Waals surface area contributed by atoms with Crippen LogP contribution < -0.4 is 14.8 Å². The molecule has 0 spiro atoms. The minimum atomic E-state index is -0.893. The third kappa shape index (κ3) is 4.53. The molecule has 4 rings (SSSR count). The lowest BCUT2D eigenvalue weighted by atomic mass is 10.1. The van der Waals surface area contributed by atoms with Crippen molar-refractivity contribution < 1.29 is 28.5 Å². The molecule has 170 valence electrons. The predicted octanol–water partition coefficient (Wildman–Crippen LogP) is 4.08. The zero-order valence-electron chi connectivity index (χ0n) is 17.2. The average molecular weight is 462 g/mol. The van der Waals surface area contributed by atoms with Crippen LogP contribution >= 0.6 is 0 Å². The molecular formula is C22H14N4O8. The first-order valence-corrected chi connectivity index (χ1v) is 9.71. The second-order valence-electron chi connectivity index (χ2n) is 6.90. The molecule has 3 aromatic rings. The third-order valence-electron chi connectivity index (χ3n) is 4.75. The number of hydrogen-bond donors (Lipinski definition) is 1. The molecule has 0 aliphatic carbocycles. The molecule has 0 radical (unpaired) electrons. The molecule has 1 aliphatic rings. The lowest BCUT2D eigenvalue weighted by molar-refractivity contribution is -0.384. The number of hydrogen-bond acceptors (Lipinski definition) is 9. The summed E-state index contributed by atoms with van der Waals surface area (Å²) in [7, 11) is 0. The van der Waals surface area contributed by atoms with Crippen LogP contribution in [0.4, 0.5) is 17.1 Å². The second-order valence-corrected chi connectivity index (χ2v) is 6.90. The van der Waals surface area contributed by atoms with E-state index < -0.39 is 21.4 Å². The van der Waals surface area contributed by atoms with E-state index in [2.05, 4.69) is 5.32 Å². The van der Waals surface area contributed by atoms with Gasteiger partial charge in [-0.05, 0) is 24.3 Å². The van der Waals surface area contributed by atoms with Crippen LogP contribution in [0.3, 0.4) is 0 Å². The van der Waals surface area contributed by atoms with Crippen molar-refractivity contribution in [3.63, 3.8) is 0 Å². The van der Waals surface area contributed by atoms with Gasteiger partial charge in [-0.3, -0.25) is 25.0 Å². The molecule has 12 heteroatoms. The summed E-state index contributed by atoms with van der Waals surface area (Å²) in [5, 5.41) is 34.0. The molecule has 0 fully saturated rings. The number of benzene rings is 2. The highest BCUT2D eigenvalue weighted by Gasteiger charge is 2.24. The van der Waals surface area contributed by atoms with Gasteiger partial charge in [-0.1, -0.05) is 0 Å². The van der Waals surface area contributed by atoms with Crippen molar-refractivity contribution in [2.75, 3.05) is 18.5 Å². The van der Waals surface area contributed by atoms with Gasteiger partial charge in [0.1, 0.15) is 42.1 Å². The van der Waals surface area contributed by atoms with E-state index in [1.54, 1.807) is 12.1 Å². The van der Waals surface area contributed by atoms with Crippen LogP contribution in [0, 0.1) is 31.6 Å². The smallest absolute Gasteiger partial charge is 0.296 e. The van der Waals surface area contributed by atoms with Gasteiger partial charge in [-0.25, -0.2) is 0 Å². The minimum Gasteiger partial charge on any atom is -0.486 e. The lowest BCUT2D eigenvalue weighted by Gasteiger charge is -2.19. The number of nitrogens with zero attached hydrogens (tertiary/aromatic N) is 3. The Hall–Kier alpha value is -5.18. The van der Waals surface area contributed by atoms with Gasteiger partial charge in [0.25, 0.3) is 17.3 Å². The Morgan fingerprint density at radius 3 is 2.29 bits per heavy atom. The molecule has 34 heavy (non-hydrogen) atoms. The van der Waals surface area contributed by atoms with Gasteiger partial charge in [-0.2, -0.15) is 5.26 Å². The summed E-state index contributed by atoms with van der Waals surface area (Å²) in [6.45, 7) is 0.485. The molecule has 1 aromatic heterocycles. The molecule has 2 heterocycles. The highest BCUT2D eigenvalue weighted by Crippen LogP contribution is 2.39. The molecule has 0 saturated heterocycles. The van der Waals surface area contributed by atoms with E-state index in [0.717, 1.165) is 6.07 Å². The molecule has 0 unspecified atom stereocenters. The van der Waals surface area contributed by atoms with Gasteiger partial charge in [0.05, 0.1) is 15.9 Å². The van der Waals surface area contributed by atoms with Gasteiger partial charge < -0.3 is 19.2 Å². The predicted molar refractivity (Wildman–Crippen MR) is 117 cm³/mol. The van der Waals surface area contributed by atoms with Crippen LogP contribution in [0.15, 0.2) is 58.5 Å². The van der Waals surface area contributed by atoms with Crippen molar-refractivity contribution in [3.05, 3.63) is 80.1 Å². The zero-order valence-corrected chi connectivity index (χ0v) is 17.2. The molecule has 0 saturated carbocycles. The fraction of sp³-hybridized carbons (Fsp3) is 0.0909.